The van der Waals surface area contributed by atoms with Gasteiger partial charge in [0.25, 0.3) is 0 Å². The minimum atomic E-state index is -3.70. The summed E-state index contributed by atoms with van der Waals surface area (Å²) in [5, 5.41) is 7.39. The number of carbonyl (C=O) groups is 3. The Morgan fingerprint density at radius 1 is 0.900 bits per heavy atom. The average Bonchev–Trinajstić information content (AvgIpc) is 3.71. The summed E-state index contributed by atoms with van der Waals surface area (Å²) < 4.78 is 45.4. The van der Waals surface area contributed by atoms with Crippen molar-refractivity contribution in [2.24, 2.45) is 11.8 Å². The van der Waals surface area contributed by atoms with Gasteiger partial charge in [-0.3, -0.25) is 34.1 Å². The summed E-state index contributed by atoms with van der Waals surface area (Å²) in [5.41, 5.74) is 2.91. The number of benzene rings is 1. The number of hydrogen-bond donors (Lipinski definition) is 2. The van der Waals surface area contributed by atoms with Gasteiger partial charge in [0.15, 0.2) is 5.82 Å². The highest BCUT2D eigenvalue weighted by atomic mass is 32.2. The summed E-state index contributed by atoms with van der Waals surface area (Å²) in [6.45, 7) is 7.74. The molecule has 0 aliphatic carbocycles. The Morgan fingerprint density at radius 2 is 1.65 bits per heavy atom. The van der Waals surface area contributed by atoms with Gasteiger partial charge in [0.2, 0.25) is 27.7 Å². The molecule has 16 heteroatoms. The number of piperidine rings is 4. The maximum Gasteiger partial charge on any atom is 0.234 e. The number of rotatable bonds is 12. The van der Waals surface area contributed by atoms with Crippen molar-refractivity contribution in [3.8, 4) is 22.4 Å². The van der Waals surface area contributed by atoms with Gasteiger partial charge in [-0.15, -0.1) is 0 Å². The van der Waals surface area contributed by atoms with E-state index in [1.165, 1.54) is 6.07 Å². The van der Waals surface area contributed by atoms with Gasteiger partial charge in [-0.2, -0.15) is 5.10 Å². The standard InChI is InChI=1S/C44H54FN9O5S/c1-2-26-60(58,59)50-38-5-3-4-36(41(38)45)37-29-54(49-42(37)31-10-18-46-19-11-31)34-16-24-53(25-17-34)44(57)32-14-20-51(21-15-32)28-30-12-22-52(23-13-30)39-8-6-33(27-47-39)35-7-9-40(55)48-43(35)56/h3-6,8,10-11,18-19,27,29-30,32,34-35,50H,2,7,9,12-17,20-26,28H2,1H3,(H,48,55,56)/t35-/m0/s1. The molecule has 318 valence electrons. The molecule has 4 aliphatic rings. The maximum atomic E-state index is 16.0. The Morgan fingerprint density at radius 3 is 2.33 bits per heavy atom. The molecule has 0 saturated carbocycles. The van der Waals surface area contributed by atoms with E-state index in [9.17, 15) is 22.8 Å². The zero-order chi connectivity index (χ0) is 41.8. The first-order chi connectivity index (χ1) is 29.0. The van der Waals surface area contributed by atoms with Crippen molar-refractivity contribution in [1.82, 2.24) is 34.9 Å². The van der Waals surface area contributed by atoms with Crippen LogP contribution in [-0.2, 0) is 24.4 Å². The number of carbonyl (C=O) groups excluding carboxylic acids is 3. The van der Waals surface area contributed by atoms with E-state index in [2.05, 4.69) is 29.8 Å². The number of sulfonamides is 1. The van der Waals surface area contributed by atoms with E-state index < -0.39 is 15.8 Å². The molecule has 0 radical (unpaired) electrons. The Hall–Kier alpha value is -5.22. The first-order valence-corrected chi connectivity index (χ1v) is 23.0. The third kappa shape index (κ3) is 9.39. The van der Waals surface area contributed by atoms with Crippen LogP contribution in [0.4, 0.5) is 15.9 Å². The summed E-state index contributed by atoms with van der Waals surface area (Å²) >= 11 is 0. The van der Waals surface area contributed by atoms with Gasteiger partial charge < -0.3 is 14.7 Å². The van der Waals surface area contributed by atoms with Crippen molar-refractivity contribution in [1.29, 1.82) is 0 Å². The molecule has 4 aliphatic heterocycles. The highest BCUT2D eigenvalue weighted by molar-refractivity contribution is 7.92. The van der Waals surface area contributed by atoms with E-state index in [0.29, 0.717) is 49.5 Å². The fourth-order valence-electron chi connectivity index (χ4n) is 9.29. The second-order valence-electron chi connectivity index (χ2n) is 16.7. The number of anilines is 2. The lowest BCUT2D eigenvalue weighted by atomic mass is 9.91. The Bertz CT molecular complexity index is 2270. The van der Waals surface area contributed by atoms with Crippen LogP contribution in [0.5, 0.6) is 0 Å². The van der Waals surface area contributed by atoms with E-state index in [0.717, 1.165) is 88.2 Å². The third-order valence-electron chi connectivity index (χ3n) is 12.7. The molecule has 7 heterocycles. The van der Waals surface area contributed by atoms with Crippen molar-refractivity contribution in [2.45, 2.75) is 76.7 Å². The van der Waals surface area contributed by atoms with Crippen LogP contribution in [0.1, 0.15) is 82.2 Å². The highest BCUT2D eigenvalue weighted by Gasteiger charge is 2.34. The molecule has 0 spiro atoms. The number of hydrogen-bond acceptors (Lipinski definition) is 10. The smallest absolute Gasteiger partial charge is 0.234 e. The number of nitrogens with one attached hydrogen (secondary N) is 2. The van der Waals surface area contributed by atoms with Crippen molar-refractivity contribution in [3.05, 3.63) is 78.6 Å². The first kappa shape index (κ1) is 41.5. The van der Waals surface area contributed by atoms with Crippen molar-refractivity contribution < 1.29 is 27.2 Å². The molecular weight excluding hydrogens is 786 g/mol. The number of halogens is 1. The summed E-state index contributed by atoms with van der Waals surface area (Å²) in [5.74, 6) is 0.228. The highest BCUT2D eigenvalue weighted by Crippen LogP contribution is 2.37. The molecule has 1 aromatic carbocycles. The largest absolute Gasteiger partial charge is 0.357 e. The fourth-order valence-corrected chi connectivity index (χ4v) is 10.4. The van der Waals surface area contributed by atoms with Crippen molar-refractivity contribution in [2.75, 3.05) is 61.2 Å². The Labute approximate surface area is 351 Å². The summed E-state index contributed by atoms with van der Waals surface area (Å²) in [7, 11) is -3.70. The minimum absolute atomic E-state index is 0.0129. The SMILES string of the molecule is CCCS(=O)(=O)Nc1cccc(-c2cn(C3CCN(C(=O)C4CCN(CC5CCN(c6ccc([C@@H]7CCC(=O)NC7=O)cn6)CC5)CC4)CC3)nc2-c2ccncc2)c1F. The molecule has 14 nitrogen and oxygen atoms in total. The number of aromatic nitrogens is 4. The molecule has 4 fully saturated rings. The van der Waals surface area contributed by atoms with Crippen LogP contribution in [0.25, 0.3) is 22.4 Å². The molecule has 4 aromatic rings. The Kier molecular flexibility index (Phi) is 12.6. The molecule has 1 atom stereocenters. The number of likely N-dealkylation sites (tertiary alicyclic amines) is 2. The fraction of sp³-hybridized carbons (Fsp3) is 0.500. The molecule has 0 unspecified atom stereocenters. The van der Waals surface area contributed by atoms with Crippen LogP contribution >= 0.6 is 0 Å². The summed E-state index contributed by atoms with van der Waals surface area (Å²) in [4.78, 5) is 53.3. The molecule has 2 N–H and O–H groups in total. The van der Waals surface area contributed by atoms with Gasteiger partial charge in [0.1, 0.15) is 11.5 Å². The molecule has 8 rings (SSSR count). The van der Waals surface area contributed by atoms with Crippen LogP contribution < -0.4 is 14.9 Å². The number of imide groups is 1. The summed E-state index contributed by atoms with van der Waals surface area (Å²) in [6.07, 6.45) is 13.6. The zero-order valence-electron chi connectivity index (χ0n) is 34.1. The topological polar surface area (TPSA) is 163 Å². The van der Waals surface area contributed by atoms with Crippen LogP contribution in [0.2, 0.25) is 0 Å². The van der Waals surface area contributed by atoms with Gasteiger partial charge in [-0.05, 0) is 100 Å². The quantitative estimate of drug-likeness (QED) is 0.172. The van der Waals surface area contributed by atoms with E-state index in [-0.39, 0.29) is 52.6 Å². The minimum Gasteiger partial charge on any atom is -0.357 e. The predicted octanol–water partition coefficient (Wildman–Crippen LogP) is 5.61. The van der Waals surface area contributed by atoms with Crippen molar-refractivity contribution >= 4 is 39.3 Å². The van der Waals surface area contributed by atoms with E-state index in [1.807, 2.05) is 40.0 Å². The molecule has 60 heavy (non-hydrogen) atoms. The van der Waals surface area contributed by atoms with Gasteiger partial charge in [-0.25, -0.2) is 17.8 Å². The lowest BCUT2D eigenvalue weighted by Gasteiger charge is -2.39. The number of nitrogens with zero attached hydrogens (tertiary/aromatic N) is 7. The van der Waals surface area contributed by atoms with E-state index >= 15 is 4.39 Å². The second kappa shape index (κ2) is 18.2. The zero-order valence-corrected chi connectivity index (χ0v) is 35.0. The van der Waals surface area contributed by atoms with Gasteiger partial charge in [0.05, 0.1) is 23.4 Å². The number of amides is 3. The van der Waals surface area contributed by atoms with Crippen molar-refractivity contribution in [3.63, 3.8) is 0 Å². The molecular formula is C44H54FN9O5S. The normalized spacial score (nSPS) is 20.3. The monoisotopic (exact) mass is 839 g/mol. The van der Waals surface area contributed by atoms with E-state index in [4.69, 9.17) is 5.10 Å². The second-order valence-corrected chi connectivity index (χ2v) is 18.6. The van der Waals surface area contributed by atoms with Gasteiger partial charge in [0, 0.05) is 86.5 Å². The van der Waals surface area contributed by atoms with Gasteiger partial charge >= 0.3 is 0 Å². The first-order valence-electron chi connectivity index (χ1n) is 21.4. The van der Waals surface area contributed by atoms with Crippen LogP contribution in [0, 0.1) is 17.7 Å². The Balaban J connectivity index is 0.821. The maximum absolute atomic E-state index is 16.0. The van der Waals surface area contributed by atoms with Crippen LogP contribution in [0.15, 0.2) is 67.3 Å². The molecule has 4 saturated heterocycles. The lowest BCUT2D eigenvalue weighted by molar-refractivity contribution is -0.138. The van der Waals surface area contributed by atoms with Crippen LogP contribution in [-0.4, -0.2) is 107 Å². The summed E-state index contributed by atoms with van der Waals surface area (Å²) in [6, 6.07) is 12.3. The van der Waals surface area contributed by atoms with E-state index in [1.54, 1.807) is 37.6 Å². The molecule has 0 bridgehead atoms. The van der Waals surface area contributed by atoms with Gasteiger partial charge in [-0.1, -0.05) is 25.1 Å². The third-order valence-corrected chi connectivity index (χ3v) is 14.1. The molecule has 3 amide bonds. The predicted molar refractivity (Wildman–Crippen MR) is 227 cm³/mol. The number of pyridine rings is 2. The lowest BCUT2D eigenvalue weighted by Crippen LogP contribution is -2.47. The molecule has 3 aromatic heterocycles. The average molecular weight is 840 g/mol. The van der Waals surface area contributed by atoms with Crippen LogP contribution in [0.3, 0.4) is 0 Å².